The first-order valence-electron chi connectivity index (χ1n) is 7.95. The maximum atomic E-state index is 12.4. The summed E-state index contributed by atoms with van der Waals surface area (Å²) in [5.74, 6) is -1.00. The molecule has 1 aromatic carbocycles. The van der Waals surface area contributed by atoms with E-state index in [1.807, 2.05) is 6.92 Å². The summed E-state index contributed by atoms with van der Waals surface area (Å²) in [6.07, 6.45) is 7.98. The van der Waals surface area contributed by atoms with Gasteiger partial charge in [0.2, 0.25) is 10.0 Å². The molecule has 0 saturated carbocycles. The number of nitrogens with zero attached hydrogens (tertiary/aromatic N) is 1. The van der Waals surface area contributed by atoms with Gasteiger partial charge in [0.1, 0.15) is 0 Å². The van der Waals surface area contributed by atoms with E-state index in [0.717, 1.165) is 12.8 Å². The van der Waals surface area contributed by atoms with Crippen LogP contribution < -0.4 is 10.9 Å². The van der Waals surface area contributed by atoms with Crippen molar-refractivity contribution in [1.29, 1.82) is 0 Å². The smallest absolute Gasteiger partial charge is 0.268 e. The highest BCUT2D eigenvalue weighted by Gasteiger charge is 2.27. The first-order valence-corrected chi connectivity index (χ1v) is 9.39. The number of hydrazine groups is 1. The van der Waals surface area contributed by atoms with Gasteiger partial charge in [-0.05, 0) is 44.0 Å². The lowest BCUT2D eigenvalue weighted by Crippen LogP contribution is -2.40. The van der Waals surface area contributed by atoms with Gasteiger partial charge in [-0.1, -0.05) is 18.2 Å². The van der Waals surface area contributed by atoms with Crippen LogP contribution in [0.4, 0.5) is 0 Å². The minimum Gasteiger partial charge on any atom is -0.268 e. The molecule has 0 atom stereocenters. The quantitative estimate of drug-likeness (QED) is 0.469. The molecule has 1 aliphatic heterocycles. The van der Waals surface area contributed by atoms with Crippen molar-refractivity contribution in [3.63, 3.8) is 0 Å². The third-order valence-corrected chi connectivity index (χ3v) is 5.58. The van der Waals surface area contributed by atoms with E-state index in [4.69, 9.17) is 0 Å². The van der Waals surface area contributed by atoms with E-state index in [2.05, 4.69) is 10.9 Å². The fourth-order valence-corrected chi connectivity index (χ4v) is 3.86. The van der Waals surface area contributed by atoms with Crippen molar-refractivity contribution in [1.82, 2.24) is 15.2 Å². The molecule has 0 aliphatic carbocycles. The highest BCUT2D eigenvalue weighted by molar-refractivity contribution is 7.89. The molecule has 0 radical (unpaired) electrons. The molecule has 134 valence electrons. The number of carbonyl (C=O) groups is 2. The summed E-state index contributed by atoms with van der Waals surface area (Å²) in [5.41, 5.74) is 4.76. The first kappa shape index (κ1) is 18.9. The highest BCUT2D eigenvalue weighted by Crippen LogP contribution is 2.20. The fourth-order valence-electron chi connectivity index (χ4n) is 2.34. The Bertz CT molecular complexity index is 777. The summed E-state index contributed by atoms with van der Waals surface area (Å²) in [6.45, 7) is 2.87. The zero-order chi connectivity index (χ0) is 18.3. The van der Waals surface area contributed by atoms with Crippen LogP contribution >= 0.6 is 0 Å². The zero-order valence-corrected chi connectivity index (χ0v) is 14.8. The fraction of sp³-hybridized carbons (Fsp3) is 0.294. The summed E-state index contributed by atoms with van der Waals surface area (Å²) in [5, 5.41) is 0. The Hall–Kier alpha value is -2.45. The maximum Gasteiger partial charge on any atom is 0.269 e. The highest BCUT2D eigenvalue weighted by atomic mass is 32.2. The van der Waals surface area contributed by atoms with E-state index in [1.165, 1.54) is 34.6 Å². The first-order chi connectivity index (χ1) is 11.9. The Morgan fingerprint density at radius 3 is 2.28 bits per heavy atom. The van der Waals surface area contributed by atoms with Crippen molar-refractivity contribution in [3.05, 3.63) is 54.1 Å². The van der Waals surface area contributed by atoms with Crippen LogP contribution in [0.3, 0.4) is 0 Å². The Labute approximate surface area is 147 Å². The number of allylic oxidation sites excluding steroid dienone is 3. The van der Waals surface area contributed by atoms with Crippen molar-refractivity contribution < 1.29 is 18.0 Å². The molecule has 8 heteroatoms. The molecule has 1 fully saturated rings. The Kier molecular flexibility index (Phi) is 6.49. The summed E-state index contributed by atoms with van der Waals surface area (Å²) >= 11 is 0. The van der Waals surface area contributed by atoms with Gasteiger partial charge in [-0.3, -0.25) is 20.4 Å². The number of carbonyl (C=O) groups excluding carboxylic acids is 2. The van der Waals surface area contributed by atoms with E-state index in [1.54, 1.807) is 18.2 Å². The molecule has 0 spiro atoms. The number of sulfonamides is 1. The number of hydrogen-bond donors (Lipinski definition) is 2. The summed E-state index contributed by atoms with van der Waals surface area (Å²) in [4.78, 5) is 23.6. The standard InChI is InChI=1S/C17H21N3O4S/c1-2-3-4-7-16(21)18-19-17(22)14-8-10-15(11-9-14)25(23,24)20-12-5-6-13-20/h2-4,7-11H,5-6,12-13H2,1H3,(H,18,21)(H,19,22)/b3-2+,7-4+. The van der Waals surface area contributed by atoms with Crippen molar-refractivity contribution in [2.75, 3.05) is 13.1 Å². The van der Waals surface area contributed by atoms with E-state index in [-0.39, 0.29) is 10.5 Å². The second kappa shape index (κ2) is 8.59. The van der Waals surface area contributed by atoms with Crippen LogP contribution in [0.15, 0.2) is 53.5 Å². The van der Waals surface area contributed by atoms with Gasteiger partial charge in [0, 0.05) is 24.7 Å². The Balaban J connectivity index is 1.97. The van der Waals surface area contributed by atoms with Crippen LogP contribution in [0.25, 0.3) is 0 Å². The predicted octanol–water partition coefficient (Wildman–Crippen LogP) is 1.36. The summed E-state index contributed by atoms with van der Waals surface area (Å²) in [7, 11) is -3.50. The molecule has 1 heterocycles. The summed E-state index contributed by atoms with van der Waals surface area (Å²) < 4.78 is 26.3. The van der Waals surface area contributed by atoms with Gasteiger partial charge >= 0.3 is 0 Å². The van der Waals surface area contributed by atoms with Gasteiger partial charge in [0.05, 0.1) is 4.90 Å². The SMILES string of the molecule is C/C=C/C=C/C(=O)NNC(=O)c1ccc(S(=O)(=O)N2CCCC2)cc1. The minimum atomic E-state index is -3.50. The van der Waals surface area contributed by atoms with E-state index >= 15 is 0 Å². The van der Waals surface area contributed by atoms with Crippen molar-refractivity contribution in [2.45, 2.75) is 24.7 Å². The number of rotatable bonds is 5. The minimum absolute atomic E-state index is 0.157. The zero-order valence-electron chi connectivity index (χ0n) is 13.9. The van der Waals surface area contributed by atoms with Crippen molar-refractivity contribution in [3.8, 4) is 0 Å². The van der Waals surface area contributed by atoms with Crippen LogP contribution in [-0.2, 0) is 14.8 Å². The lowest BCUT2D eigenvalue weighted by atomic mass is 10.2. The van der Waals surface area contributed by atoms with Crippen LogP contribution in [0.5, 0.6) is 0 Å². The third kappa shape index (κ3) is 5.01. The molecular formula is C17H21N3O4S. The van der Waals surface area contributed by atoms with Crippen molar-refractivity contribution >= 4 is 21.8 Å². The molecule has 2 N–H and O–H groups in total. The molecule has 25 heavy (non-hydrogen) atoms. The molecular weight excluding hydrogens is 342 g/mol. The monoisotopic (exact) mass is 363 g/mol. The second-order valence-electron chi connectivity index (χ2n) is 5.46. The van der Waals surface area contributed by atoms with Gasteiger partial charge in [-0.2, -0.15) is 4.31 Å². The van der Waals surface area contributed by atoms with Crippen LogP contribution in [0, 0.1) is 0 Å². The van der Waals surface area contributed by atoms with Crippen molar-refractivity contribution in [2.24, 2.45) is 0 Å². The molecule has 1 saturated heterocycles. The normalized spacial score (nSPS) is 15.7. The predicted molar refractivity (Wildman–Crippen MR) is 94.0 cm³/mol. The topological polar surface area (TPSA) is 95.6 Å². The number of hydrogen-bond acceptors (Lipinski definition) is 4. The average molecular weight is 363 g/mol. The molecule has 0 unspecified atom stereocenters. The van der Waals surface area contributed by atoms with Gasteiger partial charge in [0.25, 0.3) is 11.8 Å². The van der Waals surface area contributed by atoms with Gasteiger partial charge in [-0.15, -0.1) is 0 Å². The van der Waals surface area contributed by atoms with Gasteiger partial charge in [-0.25, -0.2) is 8.42 Å². The van der Waals surface area contributed by atoms with E-state index < -0.39 is 21.8 Å². The molecule has 1 aliphatic rings. The lowest BCUT2D eigenvalue weighted by molar-refractivity contribution is -0.117. The molecule has 0 aromatic heterocycles. The average Bonchev–Trinajstić information content (AvgIpc) is 3.15. The Morgan fingerprint density at radius 1 is 1.04 bits per heavy atom. The molecule has 2 rings (SSSR count). The summed E-state index contributed by atoms with van der Waals surface area (Å²) in [6, 6.07) is 5.63. The van der Waals surface area contributed by atoms with Gasteiger partial charge < -0.3 is 0 Å². The molecule has 7 nitrogen and oxygen atoms in total. The number of benzene rings is 1. The van der Waals surface area contributed by atoms with Crippen LogP contribution in [0.1, 0.15) is 30.1 Å². The van der Waals surface area contributed by atoms with Crippen LogP contribution in [-0.4, -0.2) is 37.6 Å². The van der Waals surface area contributed by atoms with Gasteiger partial charge in [0.15, 0.2) is 0 Å². The molecule has 2 amide bonds. The molecule has 1 aromatic rings. The Morgan fingerprint density at radius 2 is 1.68 bits per heavy atom. The van der Waals surface area contributed by atoms with E-state index in [0.29, 0.717) is 13.1 Å². The number of nitrogens with one attached hydrogen (secondary N) is 2. The lowest BCUT2D eigenvalue weighted by Gasteiger charge is -2.15. The molecule has 0 bridgehead atoms. The van der Waals surface area contributed by atoms with Crippen LogP contribution in [0.2, 0.25) is 0 Å². The van der Waals surface area contributed by atoms with E-state index in [9.17, 15) is 18.0 Å². The maximum absolute atomic E-state index is 12.4. The second-order valence-corrected chi connectivity index (χ2v) is 7.40. The third-order valence-electron chi connectivity index (χ3n) is 3.67. The largest absolute Gasteiger partial charge is 0.269 e. The number of amides is 2.